The molecule has 0 spiro atoms. The van der Waals surface area contributed by atoms with Gasteiger partial charge in [-0.1, -0.05) is 29.8 Å². The van der Waals surface area contributed by atoms with Crippen LogP contribution >= 0.6 is 15.9 Å². The normalized spacial score (nSPS) is 12.4. The molecule has 1 N–H and O–H groups in total. The molecule has 0 fully saturated rings. The summed E-state index contributed by atoms with van der Waals surface area (Å²) >= 11 is 3.38. The van der Waals surface area contributed by atoms with Crippen LogP contribution in [0.15, 0.2) is 22.7 Å². The number of hydrogen-bond donors (Lipinski definition) is 1. The smallest absolute Gasteiger partial charge is 0.232 e. The van der Waals surface area contributed by atoms with Gasteiger partial charge in [0.15, 0.2) is 0 Å². The van der Waals surface area contributed by atoms with Gasteiger partial charge in [-0.05, 0) is 24.1 Å². The monoisotopic (exact) mass is 329 g/mol. The molecule has 0 saturated carbocycles. The molecule has 4 nitrogen and oxygen atoms in total. The van der Waals surface area contributed by atoms with Crippen LogP contribution in [0, 0.1) is 11.8 Å². The number of anilines is 1. The van der Waals surface area contributed by atoms with Crippen LogP contribution < -0.4 is 9.64 Å². The van der Waals surface area contributed by atoms with Crippen molar-refractivity contribution in [2.24, 2.45) is 11.8 Å². The fourth-order valence-corrected chi connectivity index (χ4v) is 2.22. The predicted molar refractivity (Wildman–Crippen MR) is 79.5 cm³/mol. The molecular weight excluding hydrogens is 310 g/mol. The molecule has 1 rings (SSSR count). The average molecular weight is 330 g/mol. The summed E-state index contributed by atoms with van der Waals surface area (Å²) in [6.07, 6.45) is 0. The van der Waals surface area contributed by atoms with Crippen molar-refractivity contribution >= 4 is 27.5 Å². The maximum absolute atomic E-state index is 12.4. The zero-order valence-corrected chi connectivity index (χ0v) is 13.3. The maximum Gasteiger partial charge on any atom is 0.232 e. The first-order valence-corrected chi connectivity index (χ1v) is 6.93. The fourth-order valence-electron chi connectivity index (χ4n) is 1.87. The van der Waals surface area contributed by atoms with E-state index in [1.807, 2.05) is 26.0 Å². The van der Waals surface area contributed by atoms with Crippen molar-refractivity contribution in [2.45, 2.75) is 13.8 Å². The first-order valence-electron chi connectivity index (χ1n) is 6.14. The minimum absolute atomic E-state index is 0.0816. The van der Waals surface area contributed by atoms with Gasteiger partial charge in [0.2, 0.25) is 5.91 Å². The number of ether oxygens (including phenoxy) is 1. The number of hydrogen-bond acceptors (Lipinski definition) is 3. The summed E-state index contributed by atoms with van der Waals surface area (Å²) in [6, 6.07) is 5.48. The summed E-state index contributed by atoms with van der Waals surface area (Å²) in [5.74, 6) is 0.181. The summed E-state index contributed by atoms with van der Waals surface area (Å²) in [4.78, 5) is 13.9. The van der Waals surface area contributed by atoms with Crippen molar-refractivity contribution in [1.29, 1.82) is 0 Å². The Morgan fingerprint density at radius 2 is 2.11 bits per heavy atom. The third kappa shape index (κ3) is 3.70. The highest BCUT2D eigenvalue weighted by atomic mass is 79.9. The van der Waals surface area contributed by atoms with Gasteiger partial charge in [0.25, 0.3) is 0 Å². The first kappa shape index (κ1) is 16.0. The molecule has 0 aliphatic carbocycles. The SMILES string of the molecule is COc1ccc(Br)cc1N(C)C(=O)C(CO)C(C)C. The molecule has 1 unspecified atom stereocenters. The third-order valence-corrected chi connectivity index (χ3v) is 3.64. The minimum Gasteiger partial charge on any atom is -0.495 e. The Hall–Kier alpha value is -1.07. The molecular formula is C14H20BrNO3. The van der Waals surface area contributed by atoms with E-state index in [9.17, 15) is 9.90 Å². The molecule has 0 radical (unpaired) electrons. The molecule has 1 aromatic carbocycles. The number of aliphatic hydroxyl groups excluding tert-OH is 1. The molecule has 1 atom stereocenters. The van der Waals surface area contributed by atoms with Crippen molar-refractivity contribution in [3.63, 3.8) is 0 Å². The Morgan fingerprint density at radius 3 is 2.58 bits per heavy atom. The van der Waals surface area contributed by atoms with Gasteiger partial charge in [0, 0.05) is 11.5 Å². The highest BCUT2D eigenvalue weighted by Crippen LogP contribution is 2.32. The highest BCUT2D eigenvalue weighted by molar-refractivity contribution is 9.10. The quantitative estimate of drug-likeness (QED) is 0.903. The van der Waals surface area contributed by atoms with Crippen LogP contribution in [0.5, 0.6) is 5.75 Å². The molecule has 0 heterocycles. The van der Waals surface area contributed by atoms with Gasteiger partial charge in [0.1, 0.15) is 5.75 Å². The van der Waals surface area contributed by atoms with Crippen molar-refractivity contribution in [3.05, 3.63) is 22.7 Å². The van der Waals surface area contributed by atoms with E-state index in [-0.39, 0.29) is 18.4 Å². The summed E-state index contributed by atoms with van der Waals surface area (Å²) in [5, 5.41) is 9.36. The number of carbonyl (C=O) groups is 1. The van der Waals surface area contributed by atoms with Gasteiger partial charge < -0.3 is 14.7 Å². The molecule has 19 heavy (non-hydrogen) atoms. The van der Waals surface area contributed by atoms with Crippen molar-refractivity contribution in [2.75, 3.05) is 25.7 Å². The van der Waals surface area contributed by atoms with E-state index in [1.165, 1.54) is 4.90 Å². The number of rotatable bonds is 5. The summed E-state index contributed by atoms with van der Waals surface area (Å²) in [5.41, 5.74) is 0.681. The standard InChI is InChI=1S/C14H20BrNO3/c1-9(2)11(8-17)14(18)16(3)12-7-10(15)5-6-13(12)19-4/h5-7,9,11,17H,8H2,1-4H3. The van der Waals surface area contributed by atoms with Crippen LogP contribution in [-0.2, 0) is 4.79 Å². The molecule has 5 heteroatoms. The second-order valence-corrected chi connectivity index (χ2v) is 5.66. The Labute approximate surface area is 122 Å². The molecule has 0 aliphatic rings. The lowest BCUT2D eigenvalue weighted by Crippen LogP contribution is -2.37. The fraction of sp³-hybridized carbons (Fsp3) is 0.500. The van der Waals surface area contributed by atoms with Gasteiger partial charge in [-0.25, -0.2) is 0 Å². The number of amides is 1. The lowest BCUT2D eigenvalue weighted by molar-refractivity contribution is -0.124. The second kappa shape index (κ2) is 6.91. The number of aliphatic hydroxyl groups is 1. The van der Waals surface area contributed by atoms with E-state index in [1.54, 1.807) is 20.2 Å². The van der Waals surface area contributed by atoms with Crippen LogP contribution in [0.2, 0.25) is 0 Å². The van der Waals surface area contributed by atoms with E-state index in [0.717, 1.165) is 4.47 Å². The van der Waals surface area contributed by atoms with Gasteiger partial charge in [-0.15, -0.1) is 0 Å². The Balaban J connectivity index is 3.08. The highest BCUT2D eigenvalue weighted by Gasteiger charge is 2.26. The Bertz CT molecular complexity index is 448. The molecule has 106 valence electrons. The largest absolute Gasteiger partial charge is 0.495 e. The average Bonchev–Trinajstić information content (AvgIpc) is 2.38. The zero-order chi connectivity index (χ0) is 14.6. The van der Waals surface area contributed by atoms with Gasteiger partial charge in [-0.3, -0.25) is 4.79 Å². The summed E-state index contributed by atoms with van der Waals surface area (Å²) < 4.78 is 6.14. The summed E-state index contributed by atoms with van der Waals surface area (Å²) in [7, 11) is 3.26. The maximum atomic E-state index is 12.4. The van der Waals surface area contributed by atoms with E-state index in [2.05, 4.69) is 15.9 Å². The van der Waals surface area contributed by atoms with Crippen LogP contribution in [-0.4, -0.2) is 31.8 Å². The van der Waals surface area contributed by atoms with Crippen LogP contribution in [0.4, 0.5) is 5.69 Å². The number of methoxy groups -OCH3 is 1. The molecule has 1 aromatic rings. The lowest BCUT2D eigenvalue weighted by atomic mass is 9.95. The Kier molecular flexibility index (Phi) is 5.82. The zero-order valence-electron chi connectivity index (χ0n) is 11.7. The van der Waals surface area contributed by atoms with Crippen molar-refractivity contribution in [1.82, 2.24) is 0 Å². The number of nitrogens with zero attached hydrogens (tertiary/aromatic N) is 1. The second-order valence-electron chi connectivity index (χ2n) is 4.75. The Morgan fingerprint density at radius 1 is 1.47 bits per heavy atom. The number of halogens is 1. The van der Waals surface area contributed by atoms with E-state index in [4.69, 9.17) is 4.74 Å². The summed E-state index contributed by atoms with van der Waals surface area (Å²) in [6.45, 7) is 3.69. The van der Waals surface area contributed by atoms with Crippen LogP contribution in [0.25, 0.3) is 0 Å². The van der Waals surface area contributed by atoms with Gasteiger partial charge >= 0.3 is 0 Å². The lowest BCUT2D eigenvalue weighted by Gasteiger charge is -2.26. The van der Waals surface area contributed by atoms with Crippen molar-refractivity contribution < 1.29 is 14.6 Å². The van der Waals surface area contributed by atoms with E-state index in [0.29, 0.717) is 11.4 Å². The molecule has 0 saturated heterocycles. The molecule has 0 aromatic heterocycles. The van der Waals surface area contributed by atoms with Crippen LogP contribution in [0.3, 0.4) is 0 Å². The van der Waals surface area contributed by atoms with Gasteiger partial charge in [0.05, 0.1) is 25.3 Å². The first-order chi connectivity index (χ1) is 8.92. The number of carbonyl (C=O) groups excluding carboxylic acids is 1. The molecule has 1 amide bonds. The topological polar surface area (TPSA) is 49.8 Å². The van der Waals surface area contributed by atoms with E-state index >= 15 is 0 Å². The molecule has 0 bridgehead atoms. The minimum atomic E-state index is -0.409. The molecule has 0 aliphatic heterocycles. The third-order valence-electron chi connectivity index (χ3n) is 3.15. The van der Waals surface area contributed by atoms with E-state index < -0.39 is 5.92 Å². The van der Waals surface area contributed by atoms with Crippen LogP contribution in [0.1, 0.15) is 13.8 Å². The number of benzene rings is 1. The van der Waals surface area contributed by atoms with Gasteiger partial charge in [-0.2, -0.15) is 0 Å². The van der Waals surface area contributed by atoms with Crippen molar-refractivity contribution in [3.8, 4) is 5.75 Å². The predicted octanol–water partition coefficient (Wildman–Crippen LogP) is 2.69.